The van der Waals surface area contributed by atoms with Crippen molar-refractivity contribution in [2.24, 2.45) is 7.05 Å². The van der Waals surface area contributed by atoms with Crippen molar-refractivity contribution in [3.8, 4) is 0 Å². The van der Waals surface area contributed by atoms with Crippen molar-refractivity contribution in [3.05, 3.63) is 68.0 Å². The first kappa shape index (κ1) is 12.6. The molecule has 0 radical (unpaired) electrons. The molecule has 0 saturated carbocycles. The predicted octanol–water partition coefficient (Wildman–Crippen LogP) is 1.44. The first-order valence-electron chi connectivity index (χ1n) is 5.59. The normalized spacial score (nSPS) is 10.6. The smallest absolute Gasteiger partial charge is 0.300 e. The number of aryl methyl sites for hydroxylation is 2. The Morgan fingerprint density at radius 3 is 2.44 bits per heavy atom. The van der Waals surface area contributed by atoms with Crippen LogP contribution in [-0.2, 0) is 20.0 Å². The summed E-state index contributed by atoms with van der Waals surface area (Å²) in [5, 5.41) is 0.693. The monoisotopic (exact) mass is 264 g/mol. The van der Waals surface area contributed by atoms with Gasteiger partial charge < -0.3 is 4.57 Å². The van der Waals surface area contributed by atoms with E-state index < -0.39 is 0 Å². The van der Waals surface area contributed by atoms with E-state index in [0.717, 1.165) is 16.6 Å². The van der Waals surface area contributed by atoms with Crippen LogP contribution in [-0.4, -0.2) is 9.13 Å². The van der Waals surface area contributed by atoms with Crippen molar-refractivity contribution in [2.45, 2.75) is 13.0 Å². The molecule has 0 aliphatic carbocycles. The molecule has 18 heavy (non-hydrogen) atoms. The van der Waals surface area contributed by atoms with Crippen molar-refractivity contribution < 1.29 is 0 Å². The van der Waals surface area contributed by atoms with Crippen molar-refractivity contribution >= 4 is 11.6 Å². The standard InChI is InChI=1S/C13H13ClN2O2/c1-15-12(17)7-9-16(13(15)18)8-6-10-2-4-11(14)5-3-10/h2-5,7,9H,6,8H2,1H3. The molecule has 0 fully saturated rings. The lowest BCUT2D eigenvalue weighted by Crippen LogP contribution is -2.37. The van der Waals surface area contributed by atoms with Crippen molar-refractivity contribution in [1.82, 2.24) is 9.13 Å². The van der Waals surface area contributed by atoms with E-state index in [0.29, 0.717) is 11.6 Å². The van der Waals surface area contributed by atoms with E-state index in [1.165, 1.54) is 23.9 Å². The first-order chi connectivity index (χ1) is 8.58. The molecule has 0 N–H and O–H groups in total. The Bertz CT molecular complexity index is 656. The zero-order valence-electron chi connectivity index (χ0n) is 9.97. The lowest BCUT2D eigenvalue weighted by molar-refractivity contribution is 0.599. The minimum atomic E-state index is -0.295. The molecule has 0 saturated heterocycles. The summed E-state index contributed by atoms with van der Waals surface area (Å²) in [4.78, 5) is 23.0. The lowest BCUT2D eigenvalue weighted by atomic mass is 10.1. The number of benzene rings is 1. The fraction of sp³-hybridized carbons (Fsp3) is 0.231. The summed E-state index contributed by atoms with van der Waals surface area (Å²) in [5.74, 6) is 0. The van der Waals surface area contributed by atoms with Gasteiger partial charge in [-0.25, -0.2) is 4.79 Å². The summed E-state index contributed by atoms with van der Waals surface area (Å²) in [6.07, 6.45) is 2.25. The molecule has 5 heteroatoms. The van der Waals surface area contributed by atoms with E-state index in [9.17, 15) is 9.59 Å². The third-order valence-electron chi connectivity index (χ3n) is 2.81. The Morgan fingerprint density at radius 2 is 1.78 bits per heavy atom. The molecule has 0 spiro atoms. The highest BCUT2D eigenvalue weighted by atomic mass is 35.5. The van der Waals surface area contributed by atoms with Gasteiger partial charge >= 0.3 is 5.69 Å². The van der Waals surface area contributed by atoms with Crippen LogP contribution in [0.2, 0.25) is 5.02 Å². The van der Waals surface area contributed by atoms with E-state index in [-0.39, 0.29) is 11.2 Å². The number of aromatic nitrogens is 2. The molecule has 0 atom stereocenters. The molecule has 2 aromatic rings. The summed E-state index contributed by atoms with van der Waals surface area (Å²) in [7, 11) is 1.48. The van der Waals surface area contributed by atoms with Crippen molar-refractivity contribution in [2.75, 3.05) is 0 Å². The molecule has 94 valence electrons. The number of rotatable bonds is 3. The SMILES string of the molecule is Cn1c(=O)ccn(CCc2ccc(Cl)cc2)c1=O. The van der Waals surface area contributed by atoms with Gasteiger partial charge in [0.1, 0.15) is 0 Å². The zero-order valence-corrected chi connectivity index (χ0v) is 10.7. The Kier molecular flexibility index (Phi) is 3.67. The molecule has 4 nitrogen and oxygen atoms in total. The van der Waals surface area contributed by atoms with Crippen molar-refractivity contribution in [3.63, 3.8) is 0 Å². The third-order valence-corrected chi connectivity index (χ3v) is 3.07. The van der Waals surface area contributed by atoms with E-state index in [2.05, 4.69) is 0 Å². The largest absolute Gasteiger partial charge is 0.330 e. The fourth-order valence-corrected chi connectivity index (χ4v) is 1.81. The molecule has 0 aliphatic rings. The molecule has 0 bridgehead atoms. The van der Waals surface area contributed by atoms with Gasteiger partial charge in [0.25, 0.3) is 5.56 Å². The van der Waals surface area contributed by atoms with Gasteiger partial charge in [-0.2, -0.15) is 0 Å². The summed E-state index contributed by atoms with van der Waals surface area (Å²) in [5.41, 5.74) is 0.513. The van der Waals surface area contributed by atoms with Gasteiger partial charge in [-0.3, -0.25) is 9.36 Å². The topological polar surface area (TPSA) is 44.0 Å². The lowest BCUT2D eigenvalue weighted by Gasteiger charge is -2.07. The summed E-state index contributed by atoms with van der Waals surface area (Å²) in [6, 6.07) is 8.88. The second kappa shape index (κ2) is 5.23. The molecule has 1 heterocycles. The van der Waals surface area contributed by atoms with Gasteiger partial charge in [-0.05, 0) is 24.1 Å². The van der Waals surface area contributed by atoms with Gasteiger partial charge in [0.05, 0.1) is 0 Å². The van der Waals surface area contributed by atoms with Gasteiger partial charge in [-0.15, -0.1) is 0 Å². The Morgan fingerprint density at radius 1 is 1.11 bits per heavy atom. The fourth-order valence-electron chi connectivity index (χ4n) is 1.69. The molecule has 0 amide bonds. The van der Waals surface area contributed by atoms with Crippen LogP contribution >= 0.6 is 11.6 Å². The van der Waals surface area contributed by atoms with Gasteiger partial charge in [0.2, 0.25) is 0 Å². The second-order valence-corrected chi connectivity index (χ2v) is 4.50. The van der Waals surface area contributed by atoms with E-state index in [4.69, 9.17) is 11.6 Å². The van der Waals surface area contributed by atoms with Crippen LogP contribution in [0, 0.1) is 0 Å². The summed E-state index contributed by atoms with van der Waals surface area (Å²) < 4.78 is 2.62. The minimum absolute atomic E-state index is 0.289. The Balaban J connectivity index is 2.16. The van der Waals surface area contributed by atoms with Crippen molar-refractivity contribution in [1.29, 1.82) is 0 Å². The first-order valence-corrected chi connectivity index (χ1v) is 5.96. The molecule has 1 aromatic heterocycles. The minimum Gasteiger partial charge on any atom is -0.300 e. The average molecular weight is 265 g/mol. The third kappa shape index (κ3) is 2.71. The van der Waals surface area contributed by atoms with E-state index in [1.54, 1.807) is 0 Å². The Hall–Kier alpha value is -1.81. The average Bonchev–Trinajstić information content (AvgIpc) is 2.37. The van der Waals surface area contributed by atoms with E-state index >= 15 is 0 Å². The molecular formula is C13H13ClN2O2. The Labute approximate surface area is 109 Å². The highest BCUT2D eigenvalue weighted by Crippen LogP contribution is 2.10. The van der Waals surface area contributed by atoms with Crippen LogP contribution in [0.5, 0.6) is 0 Å². The van der Waals surface area contributed by atoms with Crippen LogP contribution in [0.3, 0.4) is 0 Å². The second-order valence-electron chi connectivity index (χ2n) is 4.07. The summed E-state index contributed by atoms with van der Waals surface area (Å²) >= 11 is 5.80. The molecule has 0 aliphatic heterocycles. The molecule has 1 aromatic carbocycles. The number of nitrogens with zero attached hydrogens (tertiary/aromatic N) is 2. The predicted molar refractivity (Wildman–Crippen MR) is 71.1 cm³/mol. The molecular weight excluding hydrogens is 252 g/mol. The number of halogens is 1. The van der Waals surface area contributed by atoms with Gasteiger partial charge in [-0.1, -0.05) is 23.7 Å². The van der Waals surface area contributed by atoms with Crippen LogP contribution < -0.4 is 11.2 Å². The van der Waals surface area contributed by atoms with Crippen LogP contribution in [0.4, 0.5) is 0 Å². The highest BCUT2D eigenvalue weighted by Gasteiger charge is 2.01. The quantitative estimate of drug-likeness (QED) is 0.842. The maximum absolute atomic E-state index is 11.8. The molecule has 0 unspecified atom stereocenters. The van der Waals surface area contributed by atoms with Gasteiger partial charge in [0.15, 0.2) is 0 Å². The van der Waals surface area contributed by atoms with Crippen LogP contribution in [0.1, 0.15) is 5.56 Å². The number of hydrogen-bond donors (Lipinski definition) is 0. The highest BCUT2D eigenvalue weighted by molar-refractivity contribution is 6.30. The maximum Gasteiger partial charge on any atom is 0.330 e. The number of hydrogen-bond acceptors (Lipinski definition) is 2. The van der Waals surface area contributed by atoms with Crippen LogP contribution in [0.25, 0.3) is 0 Å². The maximum atomic E-state index is 11.8. The van der Waals surface area contributed by atoms with E-state index in [1.807, 2.05) is 24.3 Å². The van der Waals surface area contributed by atoms with Crippen LogP contribution in [0.15, 0.2) is 46.1 Å². The molecule has 2 rings (SSSR count). The zero-order chi connectivity index (χ0) is 13.1. The van der Waals surface area contributed by atoms with Gasteiger partial charge in [0, 0.05) is 30.9 Å². The summed E-state index contributed by atoms with van der Waals surface area (Å²) in [6.45, 7) is 0.536.